The fraction of sp³-hybridized carbons (Fsp3) is 0.333. The highest BCUT2D eigenvalue weighted by Crippen LogP contribution is 2.34. The van der Waals surface area contributed by atoms with Crippen LogP contribution in [-0.2, 0) is 11.2 Å². The summed E-state index contributed by atoms with van der Waals surface area (Å²) in [6.45, 7) is 4.56. The lowest BCUT2D eigenvalue weighted by Gasteiger charge is -2.37. The molecular formula is C27H28F2N2O3S. The molecule has 0 aliphatic carbocycles. The van der Waals surface area contributed by atoms with Gasteiger partial charge in [0.15, 0.2) is 11.6 Å². The van der Waals surface area contributed by atoms with Gasteiger partial charge in [-0.05, 0) is 53.6 Å². The van der Waals surface area contributed by atoms with E-state index in [1.54, 1.807) is 40.5 Å². The Kier molecular flexibility index (Phi) is 7.80. The van der Waals surface area contributed by atoms with Crippen molar-refractivity contribution in [3.63, 3.8) is 0 Å². The van der Waals surface area contributed by atoms with Crippen LogP contribution in [0.5, 0.6) is 5.75 Å². The molecule has 0 fully saturated rings. The number of nitrogens with zero attached hydrogens (tertiary/aromatic N) is 2. The van der Waals surface area contributed by atoms with Gasteiger partial charge in [0.05, 0.1) is 11.6 Å². The summed E-state index contributed by atoms with van der Waals surface area (Å²) in [7, 11) is 0. The molecule has 1 aliphatic heterocycles. The maximum Gasteiger partial charge on any atom is 0.257 e. The number of ether oxygens (including phenoxy) is 1. The van der Waals surface area contributed by atoms with Crippen molar-refractivity contribution >= 4 is 23.2 Å². The molecule has 0 bridgehead atoms. The average molecular weight is 499 g/mol. The Bertz CT molecular complexity index is 1200. The van der Waals surface area contributed by atoms with E-state index in [9.17, 15) is 18.4 Å². The molecular weight excluding hydrogens is 470 g/mol. The van der Waals surface area contributed by atoms with Gasteiger partial charge < -0.3 is 14.5 Å². The second-order valence-corrected chi connectivity index (χ2v) is 9.95. The van der Waals surface area contributed by atoms with Crippen LogP contribution in [0.3, 0.4) is 0 Å². The zero-order valence-corrected chi connectivity index (χ0v) is 20.6. The first-order chi connectivity index (χ1) is 16.8. The summed E-state index contributed by atoms with van der Waals surface area (Å²) in [6.07, 6.45) is 0.695. The largest absolute Gasteiger partial charge is 0.488 e. The molecule has 0 saturated heterocycles. The minimum Gasteiger partial charge on any atom is -0.488 e. The highest BCUT2D eigenvalue weighted by Gasteiger charge is 2.34. The van der Waals surface area contributed by atoms with Crippen molar-refractivity contribution in [1.29, 1.82) is 0 Å². The number of halogens is 2. The maximum absolute atomic E-state index is 14.3. The summed E-state index contributed by atoms with van der Waals surface area (Å²) in [4.78, 5) is 31.0. The summed E-state index contributed by atoms with van der Waals surface area (Å²) in [5.74, 6) is -1.64. The molecule has 1 atom stereocenters. The van der Waals surface area contributed by atoms with Crippen LogP contribution in [0.2, 0.25) is 0 Å². The summed E-state index contributed by atoms with van der Waals surface area (Å²) < 4.78 is 34.3. The molecule has 184 valence electrons. The van der Waals surface area contributed by atoms with Gasteiger partial charge in [0.25, 0.3) is 5.91 Å². The number of benzene rings is 2. The van der Waals surface area contributed by atoms with E-state index >= 15 is 0 Å². The van der Waals surface area contributed by atoms with Crippen LogP contribution in [0.1, 0.15) is 40.7 Å². The Hall–Kier alpha value is -3.26. The van der Waals surface area contributed by atoms with E-state index < -0.39 is 23.6 Å². The second-order valence-electron chi connectivity index (χ2n) is 8.95. The van der Waals surface area contributed by atoms with Gasteiger partial charge in [-0.15, -0.1) is 11.3 Å². The van der Waals surface area contributed by atoms with Crippen molar-refractivity contribution in [3.05, 3.63) is 87.6 Å². The smallest absolute Gasteiger partial charge is 0.257 e. The van der Waals surface area contributed by atoms with Crippen molar-refractivity contribution in [2.75, 3.05) is 26.2 Å². The average Bonchev–Trinajstić information content (AvgIpc) is 3.32. The van der Waals surface area contributed by atoms with Gasteiger partial charge in [-0.25, -0.2) is 8.78 Å². The van der Waals surface area contributed by atoms with Crippen molar-refractivity contribution < 1.29 is 23.1 Å². The highest BCUT2D eigenvalue weighted by atomic mass is 32.1. The molecule has 0 N–H and O–H groups in total. The van der Waals surface area contributed by atoms with Crippen LogP contribution in [0.4, 0.5) is 8.78 Å². The van der Waals surface area contributed by atoms with Crippen molar-refractivity contribution in [2.24, 2.45) is 5.92 Å². The van der Waals surface area contributed by atoms with E-state index in [0.29, 0.717) is 19.5 Å². The minimum atomic E-state index is -0.615. The molecule has 2 aromatic carbocycles. The third-order valence-corrected chi connectivity index (χ3v) is 6.95. The monoisotopic (exact) mass is 498 g/mol. The van der Waals surface area contributed by atoms with E-state index in [-0.39, 0.29) is 36.3 Å². The van der Waals surface area contributed by atoms with Crippen molar-refractivity contribution in [2.45, 2.75) is 26.3 Å². The normalized spacial score (nSPS) is 15.1. The Morgan fingerprint density at radius 3 is 2.51 bits per heavy atom. The van der Waals surface area contributed by atoms with Crippen LogP contribution in [0.15, 0.2) is 60.0 Å². The Morgan fingerprint density at radius 2 is 1.80 bits per heavy atom. The molecule has 2 amide bonds. The number of para-hydroxylation sites is 1. The van der Waals surface area contributed by atoms with Crippen LogP contribution in [-0.4, -0.2) is 47.9 Å². The van der Waals surface area contributed by atoms with Crippen LogP contribution >= 0.6 is 11.3 Å². The fourth-order valence-corrected chi connectivity index (χ4v) is 5.25. The third kappa shape index (κ3) is 5.70. The predicted molar refractivity (Wildman–Crippen MR) is 132 cm³/mol. The lowest BCUT2D eigenvalue weighted by Crippen LogP contribution is -2.48. The molecule has 5 nitrogen and oxygen atoms in total. The number of carbonyl (C=O) groups is 2. The molecule has 1 aromatic heterocycles. The molecule has 1 aliphatic rings. The molecule has 0 radical (unpaired) electrons. The van der Waals surface area contributed by atoms with E-state index in [1.807, 2.05) is 25.3 Å². The zero-order valence-electron chi connectivity index (χ0n) is 19.7. The molecule has 3 aromatic rings. The number of thiophene rings is 1. The Balaban J connectivity index is 1.55. The SMILES string of the molecule is CC(C)CN(CC(=O)N1CCc2sccc2C1COc1ccccc1F)C(=O)c1ccccc1F. The van der Waals surface area contributed by atoms with Crippen molar-refractivity contribution in [1.82, 2.24) is 9.80 Å². The minimum absolute atomic E-state index is 0.0563. The van der Waals surface area contributed by atoms with Gasteiger partial charge in [-0.1, -0.05) is 38.1 Å². The van der Waals surface area contributed by atoms with Gasteiger partial charge in [0.2, 0.25) is 5.91 Å². The fourth-order valence-electron chi connectivity index (χ4n) is 4.32. The lowest BCUT2D eigenvalue weighted by atomic mass is 10.00. The number of hydrogen-bond donors (Lipinski definition) is 0. The van der Waals surface area contributed by atoms with Crippen molar-refractivity contribution in [3.8, 4) is 5.75 Å². The Morgan fingerprint density at radius 1 is 1.09 bits per heavy atom. The summed E-state index contributed by atoms with van der Waals surface area (Å²) in [5.41, 5.74) is 0.918. The molecule has 35 heavy (non-hydrogen) atoms. The summed E-state index contributed by atoms with van der Waals surface area (Å²) in [5, 5.41) is 1.97. The number of amides is 2. The van der Waals surface area contributed by atoms with Gasteiger partial charge >= 0.3 is 0 Å². The van der Waals surface area contributed by atoms with Crippen LogP contribution < -0.4 is 4.74 Å². The van der Waals surface area contributed by atoms with E-state index in [2.05, 4.69) is 0 Å². The molecule has 1 unspecified atom stereocenters. The molecule has 8 heteroatoms. The zero-order chi connectivity index (χ0) is 24.9. The first kappa shape index (κ1) is 24.9. The topological polar surface area (TPSA) is 49.9 Å². The maximum atomic E-state index is 14.3. The number of hydrogen-bond acceptors (Lipinski definition) is 4. The molecule has 4 rings (SSSR count). The van der Waals surface area contributed by atoms with Gasteiger partial charge in [0, 0.05) is 18.0 Å². The lowest BCUT2D eigenvalue weighted by molar-refractivity contribution is -0.135. The quantitative estimate of drug-likeness (QED) is 0.422. The van der Waals surface area contributed by atoms with Gasteiger partial charge in [-0.2, -0.15) is 0 Å². The first-order valence-electron chi connectivity index (χ1n) is 11.6. The second kappa shape index (κ2) is 11.0. The standard InChI is InChI=1S/C27H28F2N2O3S/c1-18(2)15-30(27(33)19-7-3-4-8-21(19)28)16-26(32)31-13-11-25-20(12-14-35-25)23(31)17-34-24-10-6-5-9-22(24)29/h3-10,12,14,18,23H,11,13,15-17H2,1-2H3. The summed E-state index contributed by atoms with van der Waals surface area (Å²) in [6, 6.07) is 13.5. The molecule has 2 heterocycles. The van der Waals surface area contributed by atoms with Crippen LogP contribution in [0, 0.1) is 17.6 Å². The first-order valence-corrected chi connectivity index (χ1v) is 12.5. The predicted octanol–water partition coefficient (Wildman–Crippen LogP) is 5.33. The van der Waals surface area contributed by atoms with Gasteiger partial charge in [-0.3, -0.25) is 9.59 Å². The van der Waals surface area contributed by atoms with Crippen LogP contribution in [0.25, 0.3) is 0 Å². The highest BCUT2D eigenvalue weighted by molar-refractivity contribution is 7.10. The number of carbonyl (C=O) groups excluding carboxylic acids is 2. The van der Waals surface area contributed by atoms with Gasteiger partial charge in [0.1, 0.15) is 19.0 Å². The van der Waals surface area contributed by atoms with E-state index in [0.717, 1.165) is 10.4 Å². The molecule has 0 spiro atoms. The third-order valence-electron chi connectivity index (χ3n) is 5.95. The van der Waals surface area contributed by atoms with E-state index in [1.165, 1.54) is 29.2 Å². The molecule has 0 saturated carbocycles. The van der Waals surface area contributed by atoms with E-state index in [4.69, 9.17) is 4.74 Å². The number of fused-ring (bicyclic) bond motifs is 1. The summed E-state index contributed by atoms with van der Waals surface area (Å²) >= 11 is 1.62. The number of rotatable bonds is 8. The Labute approximate surface area is 207 Å².